The number of ether oxygens (including phenoxy) is 1. The van der Waals surface area contributed by atoms with Gasteiger partial charge in [-0.15, -0.1) is 0 Å². The lowest BCUT2D eigenvalue weighted by atomic mass is 10.1. The van der Waals surface area contributed by atoms with Gasteiger partial charge in [-0.1, -0.05) is 50.1 Å². The summed E-state index contributed by atoms with van der Waals surface area (Å²) < 4.78 is 5.26. The van der Waals surface area contributed by atoms with Crippen LogP contribution in [0.1, 0.15) is 38.2 Å². The summed E-state index contributed by atoms with van der Waals surface area (Å²) in [5.74, 6) is -0.267. The topological polar surface area (TPSA) is 46.5 Å². The summed E-state index contributed by atoms with van der Waals surface area (Å²) in [6.45, 7) is 2.03. The number of carbonyl (C=O) groups is 1. The van der Waals surface area contributed by atoms with Crippen LogP contribution in [0.4, 0.5) is 0 Å². The number of esters is 1. The Bertz CT molecular complexity index is 335. The molecule has 0 saturated heterocycles. The lowest BCUT2D eigenvalue weighted by molar-refractivity contribution is -0.150. The molecule has 0 unspecified atom stereocenters. The van der Waals surface area contributed by atoms with Crippen LogP contribution in [-0.2, 0) is 16.0 Å². The summed E-state index contributed by atoms with van der Waals surface area (Å²) >= 11 is 0. The number of carbonyl (C=O) groups excluding carboxylic acids is 1. The van der Waals surface area contributed by atoms with Gasteiger partial charge in [0.05, 0.1) is 13.0 Å². The lowest BCUT2D eigenvalue weighted by Crippen LogP contribution is -2.23. The molecule has 1 rings (SSSR count). The van der Waals surface area contributed by atoms with Crippen LogP contribution in [0.2, 0.25) is 0 Å². The molecule has 1 aromatic rings. The van der Waals surface area contributed by atoms with E-state index in [1.807, 2.05) is 30.3 Å². The number of hydrogen-bond acceptors (Lipinski definition) is 3. The van der Waals surface area contributed by atoms with E-state index >= 15 is 0 Å². The summed E-state index contributed by atoms with van der Waals surface area (Å²) in [5, 5.41) is 9.16. The number of aliphatic hydroxyl groups excluding tert-OH is 1. The van der Waals surface area contributed by atoms with Gasteiger partial charge in [-0.2, -0.15) is 0 Å². The zero-order valence-electron chi connectivity index (χ0n) is 11.0. The zero-order chi connectivity index (χ0) is 13.2. The van der Waals surface area contributed by atoms with Crippen molar-refractivity contribution in [3.8, 4) is 0 Å². The van der Waals surface area contributed by atoms with Crippen LogP contribution in [-0.4, -0.2) is 23.8 Å². The maximum absolute atomic E-state index is 11.7. The molecule has 0 aromatic heterocycles. The third-order valence-electron chi connectivity index (χ3n) is 2.82. The molecule has 0 fully saturated rings. The average Bonchev–Trinajstić information content (AvgIpc) is 2.39. The number of aliphatic hydroxyl groups is 1. The molecule has 0 aliphatic rings. The number of unbranched alkanes of at least 4 members (excludes halogenated alkanes) is 2. The molecule has 0 spiro atoms. The molecule has 0 bridgehead atoms. The Morgan fingerprint density at radius 1 is 1.28 bits per heavy atom. The molecule has 0 radical (unpaired) electrons. The molecule has 18 heavy (non-hydrogen) atoms. The minimum absolute atomic E-state index is 0.0930. The minimum Gasteiger partial charge on any atom is -0.460 e. The molecule has 0 amide bonds. The van der Waals surface area contributed by atoms with Crippen LogP contribution in [0, 0.1) is 0 Å². The normalized spacial score (nSPS) is 12.1. The van der Waals surface area contributed by atoms with Crippen molar-refractivity contribution < 1.29 is 14.6 Å². The standard InChI is InChI=1S/C15H22O3/c1-2-3-5-10-14(12-16)18-15(17)11-13-8-6-4-7-9-13/h4,6-9,14,16H,2-3,5,10-12H2,1H3/t14-/m1/s1. The van der Waals surface area contributed by atoms with E-state index in [2.05, 4.69) is 6.92 Å². The van der Waals surface area contributed by atoms with Gasteiger partial charge in [-0.25, -0.2) is 0 Å². The Labute approximate surface area is 109 Å². The van der Waals surface area contributed by atoms with Gasteiger partial charge >= 0.3 is 5.97 Å². The van der Waals surface area contributed by atoms with Crippen molar-refractivity contribution in [1.82, 2.24) is 0 Å². The van der Waals surface area contributed by atoms with Gasteiger partial charge in [0.2, 0.25) is 0 Å². The fourth-order valence-electron chi connectivity index (χ4n) is 1.80. The van der Waals surface area contributed by atoms with E-state index in [-0.39, 0.29) is 25.1 Å². The van der Waals surface area contributed by atoms with E-state index in [0.29, 0.717) is 0 Å². The molecule has 0 aliphatic heterocycles. The van der Waals surface area contributed by atoms with E-state index in [0.717, 1.165) is 31.2 Å². The Kier molecular flexibility index (Phi) is 7.11. The summed E-state index contributed by atoms with van der Waals surface area (Å²) in [6, 6.07) is 9.50. The second kappa shape index (κ2) is 8.70. The van der Waals surface area contributed by atoms with Gasteiger partial charge in [0.25, 0.3) is 0 Å². The van der Waals surface area contributed by atoms with E-state index in [1.165, 1.54) is 0 Å². The smallest absolute Gasteiger partial charge is 0.310 e. The van der Waals surface area contributed by atoms with Crippen LogP contribution < -0.4 is 0 Å². The first-order valence-electron chi connectivity index (χ1n) is 6.60. The molecule has 0 heterocycles. The number of hydrogen-bond donors (Lipinski definition) is 1. The first-order chi connectivity index (χ1) is 8.76. The second-order valence-corrected chi connectivity index (χ2v) is 4.45. The highest BCUT2D eigenvalue weighted by atomic mass is 16.5. The average molecular weight is 250 g/mol. The highest BCUT2D eigenvalue weighted by Gasteiger charge is 2.13. The fourth-order valence-corrected chi connectivity index (χ4v) is 1.80. The van der Waals surface area contributed by atoms with Crippen molar-refractivity contribution in [2.45, 2.75) is 45.1 Å². The van der Waals surface area contributed by atoms with Gasteiger partial charge < -0.3 is 9.84 Å². The van der Waals surface area contributed by atoms with Crippen LogP contribution in [0.5, 0.6) is 0 Å². The summed E-state index contributed by atoms with van der Waals surface area (Å²) in [7, 11) is 0. The lowest BCUT2D eigenvalue weighted by Gasteiger charge is -2.15. The third-order valence-corrected chi connectivity index (χ3v) is 2.82. The second-order valence-electron chi connectivity index (χ2n) is 4.45. The molecule has 1 N–H and O–H groups in total. The van der Waals surface area contributed by atoms with Gasteiger partial charge in [0.15, 0.2) is 0 Å². The van der Waals surface area contributed by atoms with Crippen LogP contribution in [0.3, 0.4) is 0 Å². The molecule has 1 aromatic carbocycles. The molecular formula is C15H22O3. The van der Waals surface area contributed by atoms with E-state index in [4.69, 9.17) is 9.84 Å². The maximum Gasteiger partial charge on any atom is 0.310 e. The van der Waals surface area contributed by atoms with Crippen molar-refractivity contribution in [2.24, 2.45) is 0 Å². The van der Waals surface area contributed by atoms with Crippen molar-refractivity contribution in [3.63, 3.8) is 0 Å². The molecule has 100 valence electrons. The third kappa shape index (κ3) is 5.82. The summed E-state index contributed by atoms with van der Waals surface area (Å²) in [5.41, 5.74) is 0.938. The Morgan fingerprint density at radius 2 is 2.00 bits per heavy atom. The molecule has 3 heteroatoms. The van der Waals surface area contributed by atoms with Gasteiger partial charge in [-0.05, 0) is 18.4 Å². The Balaban J connectivity index is 2.33. The predicted octanol–water partition coefficient (Wildman–Crippen LogP) is 2.71. The predicted molar refractivity (Wildman–Crippen MR) is 71.3 cm³/mol. The maximum atomic E-state index is 11.7. The molecular weight excluding hydrogens is 228 g/mol. The Morgan fingerprint density at radius 3 is 2.61 bits per heavy atom. The van der Waals surface area contributed by atoms with Gasteiger partial charge in [0, 0.05) is 0 Å². The van der Waals surface area contributed by atoms with E-state index in [1.54, 1.807) is 0 Å². The SMILES string of the molecule is CCCCC[C@H](CO)OC(=O)Cc1ccccc1. The summed E-state index contributed by atoms with van der Waals surface area (Å²) in [6.07, 6.45) is 3.87. The van der Waals surface area contributed by atoms with Crippen LogP contribution in [0.15, 0.2) is 30.3 Å². The number of benzene rings is 1. The van der Waals surface area contributed by atoms with Crippen LogP contribution >= 0.6 is 0 Å². The van der Waals surface area contributed by atoms with Gasteiger partial charge in [-0.3, -0.25) is 4.79 Å². The largest absolute Gasteiger partial charge is 0.460 e. The fraction of sp³-hybridized carbons (Fsp3) is 0.533. The first kappa shape index (κ1) is 14.7. The van der Waals surface area contributed by atoms with Crippen molar-refractivity contribution >= 4 is 5.97 Å². The van der Waals surface area contributed by atoms with Crippen molar-refractivity contribution in [1.29, 1.82) is 0 Å². The van der Waals surface area contributed by atoms with Crippen molar-refractivity contribution in [2.75, 3.05) is 6.61 Å². The van der Waals surface area contributed by atoms with Crippen LogP contribution in [0.25, 0.3) is 0 Å². The molecule has 0 aliphatic carbocycles. The van der Waals surface area contributed by atoms with Crippen molar-refractivity contribution in [3.05, 3.63) is 35.9 Å². The number of rotatable bonds is 8. The first-order valence-corrected chi connectivity index (χ1v) is 6.60. The summed E-state index contributed by atoms with van der Waals surface area (Å²) in [4.78, 5) is 11.7. The zero-order valence-corrected chi connectivity index (χ0v) is 11.0. The molecule has 1 atom stereocenters. The monoisotopic (exact) mass is 250 g/mol. The Hall–Kier alpha value is -1.35. The highest BCUT2D eigenvalue weighted by molar-refractivity contribution is 5.72. The minimum atomic E-state index is -0.354. The molecule has 0 saturated carbocycles. The highest BCUT2D eigenvalue weighted by Crippen LogP contribution is 2.08. The van der Waals surface area contributed by atoms with E-state index < -0.39 is 0 Å². The van der Waals surface area contributed by atoms with E-state index in [9.17, 15) is 4.79 Å². The van der Waals surface area contributed by atoms with Gasteiger partial charge in [0.1, 0.15) is 6.10 Å². The quantitative estimate of drug-likeness (QED) is 0.570. The molecule has 3 nitrogen and oxygen atoms in total.